The van der Waals surface area contributed by atoms with Crippen LogP contribution in [0.1, 0.15) is 26.3 Å². The summed E-state index contributed by atoms with van der Waals surface area (Å²) in [6, 6.07) is 4.64. The second-order valence-corrected chi connectivity index (χ2v) is 7.76. The lowest BCUT2D eigenvalue weighted by atomic mass is 10.0. The first-order chi connectivity index (χ1) is 14.6. The lowest BCUT2D eigenvalue weighted by Gasteiger charge is -2.22. The summed E-state index contributed by atoms with van der Waals surface area (Å²) in [5.41, 5.74) is 7.14. The predicted molar refractivity (Wildman–Crippen MR) is 115 cm³/mol. The Kier molecular flexibility index (Phi) is 8.14. The monoisotopic (exact) mass is 431 g/mol. The minimum atomic E-state index is -1.19. The summed E-state index contributed by atoms with van der Waals surface area (Å²) in [6.07, 6.45) is 1.79. The summed E-state index contributed by atoms with van der Waals surface area (Å²) in [4.78, 5) is 51.2. The number of carboxylic acids is 1. The van der Waals surface area contributed by atoms with E-state index in [0.717, 1.165) is 16.5 Å². The quantitative estimate of drug-likeness (QED) is 0.307. The third kappa shape index (κ3) is 6.54. The first-order valence-corrected chi connectivity index (χ1v) is 10.0. The highest BCUT2D eigenvalue weighted by Gasteiger charge is 2.26. The van der Waals surface area contributed by atoms with Crippen molar-refractivity contribution in [2.24, 2.45) is 11.7 Å². The fourth-order valence-corrected chi connectivity index (χ4v) is 3.06. The number of aliphatic carboxylic acids is 1. The molecule has 0 saturated heterocycles. The van der Waals surface area contributed by atoms with Crippen molar-refractivity contribution in [2.45, 2.75) is 45.3 Å². The molecule has 0 aliphatic heterocycles. The summed E-state index contributed by atoms with van der Waals surface area (Å²) in [5.74, 6) is -3.11. The van der Waals surface area contributed by atoms with Crippen molar-refractivity contribution >= 4 is 34.6 Å². The molecule has 1 heterocycles. The van der Waals surface area contributed by atoms with Gasteiger partial charge in [-0.2, -0.15) is 0 Å². The average Bonchev–Trinajstić information content (AvgIpc) is 3.12. The normalized spacial score (nSPS) is 14.0. The molecule has 3 atom stereocenters. The van der Waals surface area contributed by atoms with Gasteiger partial charge in [0, 0.05) is 23.5 Å². The van der Waals surface area contributed by atoms with Crippen LogP contribution in [-0.4, -0.2) is 58.5 Å². The van der Waals surface area contributed by atoms with Gasteiger partial charge in [-0.25, -0.2) is 4.79 Å². The Labute approximate surface area is 179 Å². The zero-order valence-corrected chi connectivity index (χ0v) is 17.8. The summed E-state index contributed by atoms with van der Waals surface area (Å²) < 4.78 is 0. The molecule has 10 nitrogen and oxygen atoms in total. The fraction of sp³-hybridized carbons (Fsp3) is 0.429. The van der Waals surface area contributed by atoms with Crippen LogP contribution in [0, 0.1) is 5.92 Å². The zero-order valence-electron chi connectivity index (χ0n) is 17.8. The molecule has 31 heavy (non-hydrogen) atoms. The van der Waals surface area contributed by atoms with Gasteiger partial charge in [-0.1, -0.05) is 32.0 Å². The van der Waals surface area contributed by atoms with Crippen LogP contribution in [0.25, 0.3) is 10.9 Å². The fourth-order valence-electron chi connectivity index (χ4n) is 3.06. The van der Waals surface area contributed by atoms with Gasteiger partial charge in [-0.3, -0.25) is 14.4 Å². The number of H-pyrrole nitrogens is 1. The van der Waals surface area contributed by atoms with Gasteiger partial charge in [0.15, 0.2) is 0 Å². The number of carbonyl (C=O) groups excluding carboxylic acids is 3. The molecule has 1 aromatic carbocycles. The number of rotatable bonds is 10. The Morgan fingerprint density at radius 3 is 2.35 bits per heavy atom. The summed E-state index contributed by atoms with van der Waals surface area (Å²) in [6.45, 7) is 4.56. The Hall–Kier alpha value is -3.40. The van der Waals surface area contributed by atoms with Gasteiger partial charge in [0.25, 0.3) is 0 Å². The van der Waals surface area contributed by atoms with Crippen LogP contribution >= 0.6 is 0 Å². The molecular weight excluding hydrogens is 402 g/mol. The highest BCUT2D eigenvalue weighted by Crippen LogP contribution is 2.19. The molecule has 3 amide bonds. The van der Waals surface area contributed by atoms with Crippen LogP contribution in [-0.2, 0) is 25.6 Å². The number of nitrogens with one attached hydrogen (secondary N) is 4. The van der Waals surface area contributed by atoms with E-state index >= 15 is 0 Å². The summed E-state index contributed by atoms with van der Waals surface area (Å²) in [7, 11) is 0. The number of aromatic amines is 1. The number of carboxylic acid groups (broad SMARTS) is 1. The molecule has 3 unspecified atom stereocenters. The van der Waals surface area contributed by atoms with E-state index in [9.17, 15) is 24.3 Å². The second-order valence-electron chi connectivity index (χ2n) is 7.76. The van der Waals surface area contributed by atoms with Crippen molar-refractivity contribution in [3.8, 4) is 0 Å². The molecule has 0 spiro atoms. The largest absolute Gasteiger partial charge is 0.480 e. The molecule has 0 saturated carbocycles. The van der Waals surface area contributed by atoms with Crippen molar-refractivity contribution in [3.05, 3.63) is 36.0 Å². The number of para-hydroxylation sites is 1. The van der Waals surface area contributed by atoms with Gasteiger partial charge >= 0.3 is 5.97 Å². The highest BCUT2D eigenvalue weighted by atomic mass is 16.4. The third-order valence-corrected chi connectivity index (χ3v) is 4.82. The molecule has 1 aromatic heterocycles. The topological polar surface area (TPSA) is 166 Å². The first kappa shape index (κ1) is 23.9. The molecule has 0 fully saturated rings. The first-order valence-electron chi connectivity index (χ1n) is 10.0. The Morgan fingerprint density at radius 2 is 1.74 bits per heavy atom. The van der Waals surface area contributed by atoms with E-state index < -0.39 is 48.4 Å². The number of aromatic nitrogens is 1. The maximum absolute atomic E-state index is 12.4. The van der Waals surface area contributed by atoms with E-state index in [1.54, 1.807) is 20.0 Å². The number of carbonyl (C=O) groups is 4. The van der Waals surface area contributed by atoms with E-state index in [-0.39, 0.29) is 12.3 Å². The van der Waals surface area contributed by atoms with E-state index in [0.29, 0.717) is 0 Å². The maximum atomic E-state index is 12.4. The molecule has 0 bridgehead atoms. The molecule has 0 aliphatic carbocycles. The minimum absolute atomic E-state index is 0.0814. The van der Waals surface area contributed by atoms with E-state index in [4.69, 9.17) is 5.73 Å². The molecule has 2 rings (SSSR count). The van der Waals surface area contributed by atoms with E-state index in [2.05, 4.69) is 20.9 Å². The van der Waals surface area contributed by atoms with Gasteiger partial charge in [0.2, 0.25) is 17.7 Å². The lowest BCUT2D eigenvalue weighted by molar-refractivity contribution is -0.141. The lowest BCUT2D eigenvalue weighted by Crippen LogP contribution is -2.55. The number of hydrogen-bond acceptors (Lipinski definition) is 5. The van der Waals surface area contributed by atoms with Crippen LogP contribution in [0.3, 0.4) is 0 Å². The number of nitrogens with two attached hydrogens (primary N) is 1. The third-order valence-electron chi connectivity index (χ3n) is 4.82. The molecule has 0 aliphatic rings. The second kappa shape index (κ2) is 10.6. The van der Waals surface area contributed by atoms with Gasteiger partial charge in [0.1, 0.15) is 12.1 Å². The van der Waals surface area contributed by atoms with Gasteiger partial charge < -0.3 is 31.8 Å². The SMILES string of the molecule is CC(N)C(=O)NC(C(=O)NCC(=O)NC(Cc1c[nH]c2ccccc12)C(=O)O)C(C)C. The molecule has 168 valence electrons. The molecule has 2 aromatic rings. The standard InChI is InChI=1S/C21H29N5O5/c1-11(2)18(26-19(28)12(3)22)20(29)24-10-17(27)25-16(21(30)31)8-13-9-23-15-7-5-4-6-14(13)15/h4-7,9,11-12,16,18,23H,8,10,22H2,1-3H3,(H,24,29)(H,25,27)(H,26,28)(H,30,31). The van der Waals surface area contributed by atoms with Crippen molar-refractivity contribution < 1.29 is 24.3 Å². The van der Waals surface area contributed by atoms with Crippen LogP contribution in [0.4, 0.5) is 0 Å². The van der Waals surface area contributed by atoms with Crippen molar-refractivity contribution in [2.75, 3.05) is 6.54 Å². The number of hydrogen-bond donors (Lipinski definition) is 6. The van der Waals surface area contributed by atoms with Crippen molar-refractivity contribution in [1.29, 1.82) is 0 Å². The molecule has 10 heteroatoms. The Bertz CT molecular complexity index is 953. The highest BCUT2D eigenvalue weighted by molar-refractivity contribution is 5.93. The van der Waals surface area contributed by atoms with Gasteiger partial charge in [-0.05, 0) is 24.5 Å². The predicted octanol–water partition coefficient (Wildman–Crippen LogP) is -0.116. The van der Waals surface area contributed by atoms with Crippen LogP contribution < -0.4 is 21.7 Å². The van der Waals surface area contributed by atoms with Gasteiger partial charge in [-0.15, -0.1) is 0 Å². The van der Waals surface area contributed by atoms with Crippen molar-refractivity contribution in [3.63, 3.8) is 0 Å². The van der Waals surface area contributed by atoms with Crippen LogP contribution in [0.2, 0.25) is 0 Å². The summed E-state index contributed by atoms with van der Waals surface area (Å²) in [5, 5.41) is 17.8. The van der Waals surface area contributed by atoms with Crippen LogP contribution in [0.15, 0.2) is 30.5 Å². The number of amides is 3. The van der Waals surface area contributed by atoms with Crippen molar-refractivity contribution in [1.82, 2.24) is 20.9 Å². The Morgan fingerprint density at radius 1 is 1.06 bits per heavy atom. The molecular formula is C21H29N5O5. The van der Waals surface area contributed by atoms with Gasteiger partial charge in [0.05, 0.1) is 12.6 Å². The molecule has 7 N–H and O–H groups in total. The van der Waals surface area contributed by atoms with Crippen LogP contribution in [0.5, 0.6) is 0 Å². The number of benzene rings is 1. The smallest absolute Gasteiger partial charge is 0.326 e. The van der Waals surface area contributed by atoms with E-state index in [1.165, 1.54) is 6.92 Å². The summed E-state index contributed by atoms with van der Waals surface area (Å²) >= 11 is 0. The van der Waals surface area contributed by atoms with E-state index in [1.807, 2.05) is 24.3 Å². The minimum Gasteiger partial charge on any atom is -0.480 e. The molecule has 0 radical (unpaired) electrons. The Balaban J connectivity index is 1.96. The average molecular weight is 431 g/mol. The maximum Gasteiger partial charge on any atom is 0.326 e. The number of fused-ring (bicyclic) bond motifs is 1. The zero-order chi connectivity index (χ0) is 23.1.